The van der Waals surface area contributed by atoms with Gasteiger partial charge in [0.05, 0.1) is 17.7 Å². The van der Waals surface area contributed by atoms with E-state index in [-0.39, 0.29) is 17.7 Å². The second-order valence-corrected chi connectivity index (χ2v) is 2.49. The summed E-state index contributed by atoms with van der Waals surface area (Å²) in [6, 6.07) is 5.88. The third-order valence-corrected chi connectivity index (χ3v) is 1.61. The molecule has 0 fully saturated rings. The summed E-state index contributed by atoms with van der Waals surface area (Å²) in [5, 5.41) is 8.76. The SMILES string of the molecule is [CH2]COC(=O)c1ccccc1C(=O)O. The van der Waals surface area contributed by atoms with Crippen molar-refractivity contribution in [3.63, 3.8) is 0 Å². The number of carboxylic acids is 1. The first kappa shape index (κ1) is 10.2. The van der Waals surface area contributed by atoms with Gasteiger partial charge < -0.3 is 9.84 Å². The Labute approximate surface area is 81.1 Å². The highest BCUT2D eigenvalue weighted by molar-refractivity contribution is 6.02. The van der Waals surface area contributed by atoms with Crippen LogP contribution in [0.2, 0.25) is 0 Å². The maximum atomic E-state index is 11.2. The van der Waals surface area contributed by atoms with Crippen molar-refractivity contribution in [1.29, 1.82) is 0 Å². The third-order valence-electron chi connectivity index (χ3n) is 1.61. The minimum atomic E-state index is -1.15. The van der Waals surface area contributed by atoms with Crippen LogP contribution in [0.4, 0.5) is 0 Å². The molecule has 0 spiro atoms. The molecule has 4 nitrogen and oxygen atoms in total. The number of carbonyl (C=O) groups is 2. The topological polar surface area (TPSA) is 63.6 Å². The molecule has 73 valence electrons. The standard InChI is InChI=1S/C10H9O4/c1-2-14-10(13)8-6-4-3-5-7(8)9(11)12/h3-6H,1-2H2,(H,11,12). The Kier molecular flexibility index (Phi) is 3.23. The zero-order chi connectivity index (χ0) is 10.6. The minimum absolute atomic E-state index is 0.0210. The Balaban J connectivity index is 3.07. The summed E-state index contributed by atoms with van der Waals surface area (Å²) in [7, 11) is 0. The van der Waals surface area contributed by atoms with Gasteiger partial charge in [-0.1, -0.05) is 12.1 Å². The van der Waals surface area contributed by atoms with Crippen LogP contribution in [0.25, 0.3) is 0 Å². The summed E-state index contributed by atoms with van der Waals surface area (Å²) in [4.78, 5) is 22.0. The van der Waals surface area contributed by atoms with Gasteiger partial charge in [-0.05, 0) is 19.1 Å². The number of aromatic carboxylic acids is 1. The zero-order valence-corrected chi connectivity index (χ0v) is 7.40. The molecule has 1 aromatic rings. The van der Waals surface area contributed by atoms with Crippen molar-refractivity contribution in [2.45, 2.75) is 0 Å². The summed E-state index contributed by atoms with van der Waals surface area (Å²) in [6.07, 6.45) is 0. The van der Waals surface area contributed by atoms with Gasteiger partial charge in [0.2, 0.25) is 0 Å². The Morgan fingerprint density at radius 3 is 2.36 bits per heavy atom. The molecule has 0 aliphatic rings. The van der Waals surface area contributed by atoms with Crippen LogP contribution in [-0.2, 0) is 4.74 Å². The average Bonchev–Trinajstić information content (AvgIpc) is 2.18. The zero-order valence-electron chi connectivity index (χ0n) is 7.40. The van der Waals surface area contributed by atoms with E-state index in [9.17, 15) is 9.59 Å². The molecule has 0 atom stereocenters. The number of ether oxygens (including phenoxy) is 1. The molecule has 4 heteroatoms. The van der Waals surface area contributed by atoms with E-state index in [1.807, 2.05) is 0 Å². The largest absolute Gasteiger partial charge is 0.478 e. The lowest BCUT2D eigenvalue weighted by molar-refractivity contribution is 0.0534. The summed E-state index contributed by atoms with van der Waals surface area (Å²) in [5.41, 5.74) is -0.0189. The highest BCUT2D eigenvalue weighted by atomic mass is 16.5. The summed E-state index contributed by atoms with van der Waals surface area (Å²) < 4.78 is 4.61. The average molecular weight is 193 g/mol. The van der Waals surface area contributed by atoms with Crippen molar-refractivity contribution in [3.05, 3.63) is 42.3 Å². The lowest BCUT2D eigenvalue weighted by Gasteiger charge is -2.04. The normalized spacial score (nSPS) is 9.50. The lowest BCUT2D eigenvalue weighted by atomic mass is 10.1. The molecule has 0 aromatic heterocycles. The van der Waals surface area contributed by atoms with E-state index in [4.69, 9.17) is 5.11 Å². The number of carboxylic acid groups (broad SMARTS) is 1. The fraction of sp³-hybridized carbons (Fsp3) is 0.100. The number of hydrogen-bond acceptors (Lipinski definition) is 3. The maximum Gasteiger partial charge on any atom is 0.339 e. The highest BCUT2D eigenvalue weighted by Gasteiger charge is 2.15. The molecule has 1 N–H and O–H groups in total. The number of carbonyl (C=O) groups excluding carboxylic acids is 1. The van der Waals surface area contributed by atoms with Crippen LogP contribution in [0.5, 0.6) is 0 Å². The van der Waals surface area contributed by atoms with E-state index in [1.54, 1.807) is 12.1 Å². The Morgan fingerprint density at radius 2 is 1.86 bits per heavy atom. The van der Waals surface area contributed by atoms with Gasteiger partial charge in [0.15, 0.2) is 0 Å². The molecule has 0 heterocycles. The number of rotatable bonds is 3. The Hall–Kier alpha value is -1.84. The van der Waals surface area contributed by atoms with Crippen LogP contribution in [0.15, 0.2) is 24.3 Å². The fourth-order valence-electron chi connectivity index (χ4n) is 1.02. The summed E-state index contributed by atoms with van der Waals surface area (Å²) in [6.45, 7) is 3.31. The summed E-state index contributed by atoms with van der Waals surface area (Å²) in [5.74, 6) is -1.82. The lowest BCUT2D eigenvalue weighted by Crippen LogP contribution is -2.11. The van der Waals surface area contributed by atoms with Crippen molar-refractivity contribution in [2.24, 2.45) is 0 Å². The molecule has 1 aromatic carbocycles. The van der Waals surface area contributed by atoms with Crippen LogP contribution < -0.4 is 0 Å². The smallest absolute Gasteiger partial charge is 0.339 e. The van der Waals surface area contributed by atoms with E-state index < -0.39 is 11.9 Å². The minimum Gasteiger partial charge on any atom is -0.478 e. The summed E-state index contributed by atoms with van der Waals surface area (Å²) >= 11 is 0. The molecule has 0 aliphatic carbocycles. The molecule has 0 unspecified atom stereocenters. The first-order valence-corrected chi connectivity index (χ1v) is 3.95. The van der Waals surface area contributed by atoms with E-state index in [1.165, 1.54) is 12.1 Å². The van der Waals surface area contributed by atoms with E-state index in [2.05, 4.69) is 11.7 Å². The second kappa shape index (κ2) is 4.41. The molecular weight excluding hydrogens is 184 g/mol. The van der Waals surface area contributed by atoms with Crippen LogP contribution in [-0.4, -0.2) is 23.7 Å². The van der Waals surface area contributed by atoms with Crippen molar-refractivity contribution in [2.75, 3.05) is 6.61 Å². The molecule has 0 aliphatic heterocycles. The van der Waals surface area contributed by atoms with Gasteiger partial charge in [-0.3, -0.25) is 0 Å². The van der Waals surface area contributed by atoms with Crippen molar-refractivity contribution >= 4 is 11.9 Å². The first-order chi connectivity index (χ1) is 6.66. The number of benzene rings is 1. The van der Waals surface area contributed by atoms with Gasteiger partial charge in [0.1, 0.15) is 0 Å². The van der Waals surface area contributed by atoms with E-state index >= 15 is 0 Å². The van der Waals surface area contributed by atoms with Gasteiger partial charge in [0, 0.05) is 0 Å². The van der Waals surface area contributed by atoms with Crippen LogP contribution in [0.1, 0.15) is 20.7 Å². The molecule has 0 saturated heterocycles. The van der Waals surface area contributed by atoms with Crippen molar-refractivity contribution in [1.82, 2.24) is 0 Å². The fourth-order valence-corrected chi connectivity index (χ4v) is 1.02. The third kappa shape index (κ3) is 2.10. The highest BCUT2D eigenvalue weighted by Crippen LogP contribution is 2.09. The van der Waals surface area contributed by atoms with Crippen LogP contribution >= 0.6 is 0 Å². The van der Waals surface area contributed by atoms with Gasteiger partial charge in [-0.2, -0.15) is 0 Å². The molecule has 0 saturated carbocycles. The van der Waals surface area contributed by atoms with Crippen LogP contribution in [0.3, 0.4) is 0 Å². The maximum absolute atomic E-state index is 11.2. The van der Waals surface area contributed by atoms with E-state index in [0.29, 0.717) is 0 Å². The molecule has 1 radical (unpaired) electrons. The van der Waals surface area contributed by atoms with E-state index in [0.717, 1.165) is 0 Å². The predicted molar refractivity (Wildman–Crippen MR) is 49.0 cm³/mol. The second-order valence-electron chi connectivity index (χ2n) is 2.49. The van der Waals surface area contributed by atoms with Crippen molar-refractivity contribution < 1.29 is 19.4 Å². The van der Waals surface area contributed by atoms with Gasteiger partial charge in [-0.15, -0.1) is 0 Å². The predicted octanol–water partition coefficient (Wildman–Crippen LogP) is 1.38. The molecule has 1 rings (SSSR count). The van der Waals surface area contributed by atoms with Crippen molar-refractivity contribution in [3.8, 4) is 0 Å². The molecule has 0 amide bonds. The monoisotopic (exact) mass is 193 g/mol. The number of hydrogen-bond donors (Lipinski definition) is 1. The molecule has 0 bridgehead atoms. The molecule has 14 heavy (non-hydrogen) atoms. The van der Waals surface area contributed by atoms with Gasteiger partial charge in [0.25, 0.3) is 0 Å². The first-order valence-electron chi connectivity index (χ1n) is 3.95. The van der Waals surface area contributed by atoms with Gasteiger partial charge >= 0.3 is 11.9 Å². The van der Waals surface area contributed by atoms with Crippen LogP contribution in [0, 0.1) is 6.92 Å². The Bertz CT molecular complexity index is 357. The quantitative estimate of drug-likeness (QED) is 0.736. The molecular formula is C10H9O4. The van der Waals surface area contributed by atoms with Gasteiger partial charge in [-0.25, -0.2) is 9.59 Å². The number of esters is 1. The Morgan fingerprint density at radius 1 is 1.29 bits per heavy atom.